The SMILES string of the molecule is CSCC(C)Cn1c(SCC(=O)O)nc2cc(F)ccc21. The number of aliphatic carboxylic acids is 1. The number of benzene rings is 1. The van der Waals surface area contributed by atoms with Gasteiger partial charge in [-0.15, -0.1) is 0 Å². The summed E-state index contributed by atoms with van der Waals surface area (Å²) in [6.45, 7) is 2.88. The number of halogens is 1. The number of carboxylic acid groups (broad SMARTS) is 1. The van der Waals surface area contributed by atoms with Gasteiger partial charge in [-0.3, -0.25) is 4.79 Å². The van der Waals surface area contributed by atoms with Crippen LogP contribution in [0.15, 0.2) is 23.4 Å². The van der Waals surface area contributed by atoms with Crippen molar-refractivity contribution in [1.29, 1.82) is 0 Å². The molecule has 4 nitrogen and oxygen atoms in total. The summed E-state index contributed by atoms with van der Waals surface area (Å²) in [5, 5.41) is 9.46. The van der Waals surface area contributed by atoms with Gasteiger partial charge in [0, 0.05) is 12.6 Å². The number of aromatic nitrogens is 2. The highest BCUT2D eigenvalue weighted by Crippen LogP contribution is 2.26. The Labute approximate surface area is 131 Å². The molecule has 1 aromatic heterocycles. The normalized spacial score (nSPS) is 12.7. The number of fused-ring (bicyclic) bond motifs is 1. The summed E-state index contributed by atoms with van der Waals surface area (Å²) < 4.78 is 15.3. The molecule has 1 unspecified atom stereocenters. The maximum absolute atomic E-state index is 13.3. The molecule has 0 aliphatic carbocycles. The van der Waals surface area contributed by atoms with Crippen LogP contribution in [0.3, 0.4) is 0 Å². The van der Waals surface area contributed by atoms with Crippen LogP contribution in [-0.2, 0) is 11.3 Å². The van der Waals surface area contributed by atoms with Gasteiger partial charge in [0.1, 0.15) is 5.82 Å². The third-order valence-electron chi connectivity index (χ3n) is 2.95. The van der Waals surface area contributed by atoms with Crippen LogP contribution in [0.25, 0.3) is 11.0 Å². The zero-order chi connectivity index (χ0) is 15.4. The Bertz CT molecular complexity index is 645. The summed E-state index contributed by atoms with van der Waals surface area (Å²) in [7, 11) is 0. The Balaban J connectivity index is 2.36. The van der Waals surface area contributed by atoms with Crippen molar-refractivity contribution in [2.75, 3.05) is 17.8 Å². The topological polar surface area (TPSA) is 55.1 Å². The molecule has 2 rings (SSSR count). The summed E-state index contributed by atoms with van der Waals surface area (Å²) in [5.74, 6) is 0.153. The summed E-state index contributed by atoms with van der Waals surface area (Å²) >= 11 is 2.94. The lowest BCUT2D eigenvalue weighted by Crippen LogP contribution is -2.11. The number of nitrogens with zero attached hydrogens (tertiary/aromatic N) is 2. The summed E-state index contributed by atoms with van der Waals surface area (Å²) in [6.07, 6.45) is 2.05. The highest BCUT2D eigenvalue weighted by atomic mass is 32.2. The molecule has 0 spiro atoms. The zero-order valence-electron chi connectivity index (χ0n) is 11.9. The minimum Gasteiger partial charge on any atom is -0.481 e. The van der Waals surface area contributed by atoms with E-state index in [1.807, 2.05) is 4.57 Å². The average Bonchev–Trinajstić information content (AvgIpc) is 2.74. The molecular formula is C14H17FN2O2S2. The maximum atomic E-state index is 13.3. The van der Waals surface area contributed by atoms with E-state index in [1.54, 1.807) is 17.8 Å². The van der Waals surface area contributed by atoms with Crippen LogP contribution in [0, 0.1) is 11.7 Å². The van der Waals surface area contributed by atoms with Crippen molar-refractivity contribution in [3.05, 3.63) is 24.0 Å². The van der Waals surface area contributed by atoms with Crippen molar-refractivity contribution in [3.63, 3.8) is 0 Å². The second-order valence-electron chi connectivity index (χ2n) is 4.88. The minimum absolute atomic E-state index is 0.0529. The molecule has 0 bridgehead atoms. The van der Waals surface area contributed by atoms with Crippen LogP contribution in [-0.4, -0.2) is 38.4 Å². The first-order chi connectivity index (χ1) is 10.0. The molecular weight excluding hydrogens is 311 g/mol. The molecule has 0 amide bonds. The molecule has 0 aliphatic heterocycles. The Hall–Kier alpha value is -1.21. The number of imidazole rings is 1. The maximum Gasteiger partial charge on any atom is 0.313 e. The van der Waals surface area contributed by atoms with Gasteiger partial charge in [-0.1, -0.05) is 18.7 Å². The van der Waals surface area contributed by atoms with Crippen LogP contribution in [0.5, 0.6) is 0 Å². The summed E-state index contributed by atoms with van der Waals surface area (Å²) in [6, 6.07) is 4.50. The third-order valence-corrected chi connectivity index (χ3v) is 4.81. The Morgan fingerprint density at radius 2 is 2.29 bits per heavy atom. The lowest BCUT2D eigenvalue weighted by Gasteiger charge is -2.14. The first-order valence-electron chi connectivity index (χ1n) is 6.50. The zero-order valence-corrected chi connectivity index (χ0v) is 13.5. The molecule has 0 radical (unpaired) electrons. The van der Waals surface area contributed by atoms with E-state index in [-0.39, 0.29) is 11.6 Å². The highest BCUT2D eigenvalue weighted by Gasteiger charge is 2.15. The van der Waals surface area contributed by atoms with Gasteiger partial charge in [0.2, 0.25) is 0 Å². The van der Waals surface area contributed by atoms with Gasteiger partial charge >= 0.3 is 5.97 Å². The molecule has 1 N–H and O–H groups in total. The molecule has 0 saturated heterocycles. The second-order valence-corrected chi connectivity index (χ2v) is 6.73. The monoisotopic (exact) mass is 328 g/mol. The van der Waals surface area contributed by atoms with Gasteiger partial charge in [-0.25, -0.2) is 9.37 Å². The Morgan fingerprint density at radius 3 is 2.95 bits per heavy atom. The van der Waals surface area contributed by atoms with Gasteiger partial charge in [0.15, 0.2) is 5.16 Å². The number of carbonyl (C=O) groups is 1. The fourth-order valence-corrected chi connectivity index (χ4v) is 3.56. The van der Waals surface area contributed by atoms with Crippen LogP contribution in [0.2, 0.25) is 0 Å². The van der Waals surface area contributed by atoms with E-state index in [9.17, 15) is 9.18 Å². The molecule has 7 heteroatoms. The van der Waals surface area contributed by atoms with E-state index in [0.29, 0.717) is 16.6 Å². The van der Waals surface area contributed by atoms with Crippen LogP contribution >= 0.6 is 23.5 Å². The van der Waals surface area contributed by atoms with Crippen LogP contribution < -0.4 is 0 Å². The predicted octanol–water partition coefficient (Wildman–Crippen LogP) is 3.35. The van der Waals surface area contributed by atoms with Gasteiger partial charge in [-0.2, -0.15) is 11.8 Å². The van der Waals surface area contributed by atoms with Crippen molar-refractivity contribution >= 4 is 40.5 Å². The first kappa shape index (κ1) is 16.2. The molecule has 1 heterocycles. The molecule has 1 atom stereocenters. The summed E-state index contributed by atoms with van der Waals surface area (Å²) in [4.78, 5) is 15.1. The molecule has 114 valence electrons. The number of thioether (sulfide) groups is 2. The van der Waals surface area contributed by atoms with E-state index in [2.05, 4.69) is 18.2 Å². The largest absolute Gasteiger partial charge is 0.481 e. The van der Waals surface area contributed by atoms with E-state index in [1.165, 1.54) is 23.9 Å². The van der Waals surface area contributed by atoms with Crippen LogP contribution in [0.1, 0.15) is 6.92 Å². The van der Waals surface area contributed by atoms with Crippen molar-refractivity contribution < 1.29 is 14.3 Å². The van der Waals surface area contributed by atoms with Crippen molar-refractivity contribution in [1.82, 2.24) is 9.55 Å². The smallest absolute Gasteiger partial charge is 0.313 e. The van der Waals surface area contributed by atoms with Crippen molar-refractivity contribution in [2.24, 2.45) is 5.92 Å². The number of hydrogen-bond acceptors (Lipinski definition) is 4. The van der Waals surface area contributed by atoms with Gasteiger partial charge in [0.05, 0.1) is 16.8 Å². The van der Waals surface area contributed by atoms with E-state index in [0.717, 1.165) is 17.8 Å². The fraction of sp³-hybridized carbons (Fsp3) is 0.429. The first-order valence-corrected chi connectivity index (χ1v) is 8.88. The number of rotatable bonds is 7. The van der Waals surface area contributed by atoms with Gasteiger partial charge in [-0.05, 0) is 30.1 Å². The average molecular weight is 328 g/mol. The predicted molar refractivity (Wildman–Crippen MR) is 85.6 cm³/mol. The molecule has 0 saturated carbocycles. The lowest BCUT2D eigenvalue weighted by molar-refractivity contribution is -0.133. The minimum atomic E-state index is -0.887. The van der Waals surface area contributed by atoms with E-state index in [4.69, 9.17) is 5.11 Å². The molecule has 1 aromatic carbocycles. The van der Waals surface area contributed by atoms with Crippen molar-refractivity contribution in [3.8, 4) is 0 Å². The van der Waals surface area contributed by atoms with E-state index < -0.39 is 5.97 Å². The Kier molecular flexibility index (Phi) is 5.52. The molecule has 0 fully saturated rings. The fourth-order valence-electron chi connectivity index (χ4n) is 2.14. The molecule has 21 heavy (non-hydrogen) atoms. The van der Waals surface area contributed by atoms with Gasteiger partial charge < -0.3 is 9.67 Å². The number of carboxylic acids is 1. The molecule has 0 aliphatic rings. The summed E-state index contributed by atoms with van der Waals surface area (Å²) in [5.41, 5.74) is 1.41. The highest BCUT2D eigenvalue weighted by molar-refractivity contribution is 7.99. The second kappa shape index (κ2) is 7.17. The van der Waals surface area contributed by atoms with Gasteiger partial charge in [0.25, 0.3) is 0 Å². The number of hydrogen-bond donors (Lipinski definition) is 1. The Morgan fingerprint density at radius 1 is 1.52 bits per heavy atom. The van der Waals surface area contributed by atoms with Crippen molar-refractivity contribution in [2.45, 2.75) is 18.6 Å². The van der Waals surface area contributed by atoms with E-state index >= 15 is 0 Å². The molecule has 2 aromatic rings. The van der Waals surface area contributed by atoms with Crippen LogP contribution in [0.4, 0.5) is 4.39 Å². The standard InChI is InChI=1S/C14H17FN2O2S2/c1-9(7-20-2)6-17-12-4-3-10(15)5-11(12)16-14(17)21-8-13(18)19/h3-5,9H,6-8H2,1-2H3,(H,18,19). The lowest BCUT2D eigenvalue weighted by atomic mass is 10.2. The quantitative estimate of drug-likeness (QED) is 0.790. The third kappa shape index (κ3) is 4.14.